The van der Waals surface area contributed by atoms with E-state index in [0.29, 0.717) is 43.7 Å². The molecule has 0 radical (unpaired) electrons. The molecule has 2 aliphatic rings. The summed E-state index contributed by atoms with van der Waals surface area (Å²) in [5.41, 5.74) is 2.10. The van der Waals surface area contributed by atoms with Gasteiger partial charge >= 0.3 is 5.97 Å². The molecule has 0 spiro atoms. The van der Waals surface area contributed by atoms with Gasteiger partial charge in [-0.1, -0.05) is 0 Å². The number of anilines is 1. The molecule has 1 atom stereocenters. The Morgan fingerprint density at radius 2 is 2.04 bits per heavy atom. The second-order valence-corrected chi connectivity index (χ2v) is 9.03. The largest absolute Gasteiger partial charge is 0.481 e. The van der Waals surface area contributed by atoms with Gasteiger partial charge in [-0.05, 0) is 55.4 Å². The van der Waals surface area contributed by atoms with Crippen molar-refractivity contribution >= 4 is 27.6 Å². The Balaban J connectivity index is 1.72. The van der Waals surface area contributed by atoms with E-state index in [-0.39, 0.29) is 18.2 Å². The smallest absolute Gasteiger partial charge is 0.303 e. The summed E-state index contributed by atoms with van der Waals surface area (Å²) in [7, 11) is -3.30. The van der Waals surface area contributed by atoms with Crippen molar-refractivity contribution in [3.63, 3.8) is 0 Å². The van der Waals surface area contributed by atoms with Crippen molar-refractivity contribution in [3.05, 3.63) is 29.3 Å². The first-order chi connectivity index (χ1) is 12.3. The van der Waals surface area contributed by atoms with Crippen molar-refractivity contribution in [2.45, 2.75) is 32.1 Å². The topological polar surface area (TPSA) is 95.0 Å². The second-order valence-electron chi connectivity index (χ2n) is 7.12. The first-order valence-electron chi connectivity index (χ1n) is 8.87. The van der Waals surface area contributed by atoms with Crippen LogP contribution in [0, 0.1) is 5.92 Å². The van der Waals surface area contributed by atoms with E-state index in [4.69, 9.17) is 5.11 Å². The van der Waals surface area contributed by atoms with Crippen molar-refractivity contribution < 1.29 is 23.1 Å². The molecule has 0 aliphatic carbocycles. The number of hydrogen-bond donors (Lipinski definition) is 1. The Bertz CT molecular complexity index is 821. The molecule has 7 nitrogen and oxygen atoms in total. The van der Waals surface area contributed by atoms with Crippen LogP contribution in [0.1, 0.15) is 41.6 Å². The van der Waals surface area contributed by atoms with Crippen LogP contribution in [-0.4, -0.2) is 56.2 Å². The average molecular weight is 380 g/mol. The van der Waals surface area contributed by atoms with E-state index in [0.717, 1.165) is 18.4 Å². The molecule has 1 saturated heterocycles. The summed E-state index contributed by atoms with van der Waals surface area (Å²) in [6.45, 7) is 1.67. The minimum atomic E-state index is -3.30. The zero-order valence-corrected chi connectivity index (χ0v) is 15.7. The molecule has 3 rings (SSSR count). The number of likely N-dealkylation sites (tertiary alicyclic amines) is 1. The normalized spacial score (nSPS) is 20.1. The molecule has 2 aliphatic heterocycles. The van der Waals surface area contributed by atoms with Gasteiger partial charge in [0.15, 0.2) is 0 Å². The Hall–Kier alpha value is -2.09. The molecule has 2 heterocycles. The number of hydrogen-bond acceptors (Lipinski definition) is 4. The van der Waals surface area contributed by atoms with Crippen LogP contribution in [0.2, 0.25) is 0 Å². The average Bonchev–Trinajstić information content (AvgIpc) is 3.03. The van der Waals surface area contributed by atoms with Crippen molar-refractivity contribution in [2.24, 2.45) is 5.92 Å². The van der Waals surface area contributed by atoms with Gasteiger partial charge in [0, 0.05) is 31.6 Å². The fourth-order valence-corrected chi connectivity index (χ4v) is 4.80. The molecule has 1 N–H and O–H groups in total. The summed E-state index contributed by atoms with van der Waals surface area (Å²) >= 11 is 0. The number of aliphatic carboxylic acids is 1. The summed E-state index contributed by atoms with van der Waals surface area (Å²) in [5, 5.41) is 8.84. The number of piperidine rings is 1. The van der Waals surface area contributed by atoms with E-state index in [2.05, 4.69) is 0 Å². The molecule has 1 fully saturated rings. The molecule has 26 heavy (non-hydrogen) atoms. The quantitative estimate of drug-likeness (QED) is 0.839. The standard InChI is InChI=1S/C18H24N2O5S/c1-26(24,25)20-10-8-14-11-15(5-6-16(14)20)18(23)19-9-2-3-13(12-19)4-7-17(21)22/h5-6,11,13H,2-4,7-10,12H2,1H3,(H,21,22). The maximum Gasteiger partial charge on any atom is 0.303 e. The minimum absolute atomic E-state index is 0.0642. The van der Waals surface area contributed by atoms with Crippen LogP contribution < -0.4 is 4.31 Å². The fraction of sp³-hybridized carbons (Fsp3) is 0.556. The number of amides is 1. The van der Waals surface area contributed by atoms with Gasteiger partial charge in [0.25, 0.3) is 5.91 Å². The lowest BCUT2D eigenvalue weighted by Gasteiger charge is -2.32. The van der Waals surface area contributed by atoms with Crippen molar-refractivity contribution in [1.82, 2.24) is 4.90 Å². The fourth-order valence-electron chi connectivity index (χ4n) is 3.84. The van der Waals surface area contributed by atoms with Gasteiger partial charge in [0.1, 0.15) is 0 Å². The van der Waals surface area contributed by atoms with Gasteiger partial charge in [0.2, 0.25) is 10.0 Å². The van der Waals surface area contributed by atoms with Crippen LogP contribution in [0.3, 0.4) is 0 Å². The summed E-state index contributed by atoms with van der Waals surface area (Å²) in [6, 6.07) is 5.19. The Morgan fingerprint density at radius 1 is 1.27 bits per heavy atom. The molecule has 0 aromatic heterocycles. The summed E-state index contributed by atoms with van der Waals surface area (Å²) in [5.74, 6) is -0.646. The van der Waals surface area contributed by atoms with Gasteiger partial charge in [-0.2, -0.15) is 0 Å². The molecule has 1 amide bonds. The number of rotatable bonds is 5. The summed E-state index contributed by atoms with van der Waals surface area (Å²) < 4.78 is 25.0. The van der Waals surface area contributed by atoms with E-state index in [1.54, 1.807) is 23.1 Å². The third kappa shape index (κ3) is 4.00. The van der Waals surface area contributed by atoms with Crippen LogP contribution in [-0.2, 0) is 21.2 Å². The van der Waals surface area contributed by atoms with Gasteiger partial charge in [-0.25, -0.2) is 8.42 Å². The van der Waals surface area contributed by atoms with Crippen LogP contribution in [0.25, 0.3) is 0 Å². The van der Waals surface area contributed by atoms with Crippen LogP contribution >= 0.6 is 0 Å². The number of carboxylic acid groups (broad SMARTS) is 1. The number of nitrogens with zero attached hydrogens (tertiary/aromatic N) is 2. The Kier molecular flexibility index (Phi) is 5.22. The molecule has 0 saturated carbocycles. The van der Waals surface area contributed by atoms with E-state index in [1.165, 1.54) is 10.6 Å². The predicted molar refractivity (Wildman–Crippen MR) is 97.8 cm³/mol. The zero-order chi connectivity index (χ0) is 18.9. The number of benzene rings is 1. The molecule has 1 unspecified atom stereocenters. The highest BCUT2D eigenvalue weighted by molar-refractivity contribution is 7.92. The number of fused-ring (bicyclic) bond motifs is 1. The molecular formula is C18H24N2O5S. The van der Waals surface area contributed by atoms with Gasteiger partial charge in [0.05, 0.1) is 11.9 Å². The summed E-state index contributed by atoms with van der Waals surface area (Å²) in [6.07, 6.45) is 4.34. The maximum absolute atomic E-state index is 12.8. The second kappa shape index (κ2) is 7.26. The lowest BCUT2D eigenvalue weighted by Crippen LogP contribution is -2.40. The molecule has 1 aromatic carbocycles. The summed E-state index contributed by atoms with van der Waals surface area (Å²) in [4.78, 5) is 25.4. The van der Waals surface area contributed by atoms with Gasteiger partial charge in [-0.15, -0.1) is 0 Å². The number of carbonyl (C=O) groups excluding carboxylic acids is 1. The minimum Gasteiger partial charge on any atom is -0.481 e. The number of sulfonamides is 1. The molecule has 0 bridgehead atoms. The third-order valence-corrected chi connectivity index (χ3v) is 6.33. The zero-order valence-electron chi connectivity index (χ0n) is 14.8. The van der Waals surface area contributed by atoms with Crippen LogP contribution in [0.4, 0.5) is 5.69 Å². The highest BCUT2D eigenvalue weighted by atomic mass is 32.2. The number of carbonyl (C=O) groups is 2. The lowest BCUT2D eigenvalue weighted by molar-refractivity contribution is -0.137. The van der Waals surface area contributed by atoms with Crippen LogP contribution in [0.5, 0.6) is 0 Å². The highest BCUT2D eigenvalue weighted by Gasteiger charge is 2.29. The van der Waals surface area contributed by atoms with Crippen LogP contribution in [0.15, 0.2) is 18.2 Å². The Morgan fingerprint density at radius 3 is 2.73 bits per heavy atom. The van der Waals surface area contributed by atoms with E-state index in [9.17, 15) is 18.0 Å². The van der Waals surface area contributed by atoms with E-state index >= 15 is 0 Å². The van der Waals surface area contributed by atoms with E-state index < -0.39 is 16.0 Å². The molecule has 8 heteroatoms. The molecular weight excluding hydrogens is 356 g/mol. The lowest BCUT2D eigenvalue weighted by atomic mass is 9.93. The first-order valence-corrected chi connectivity index (χ1v) is 10.7. The monoisotopic (exact) mass is 380 g/mol. The predicted octanol–water partition coefficient (Wildman–Crippen LogP) is 1.73. The molecule has 1 aromatic rings. The first kappa shape index (κ1) is 18.7. The van der Waals surface area contributed by atoms with Crippen molar-refractivity contribution in [3.8, 4) is 0 Å². The van der Waals surface area contributed by atoms with Crippen molar-refractivity contribution in [1.29, 1.82) is 0 Å². The maximum atomic E-state index is 12.8. The van der Waals surface area contributed by atoms with Gasteiger partial charge in [-0.3, -0.25) is 13.9 Å². The number of carboxylic acids is 1. The van der Waals surface area contributed by atoms with Gasteiger partial charge < -0.3 is 10.0 Å². The van der Waals surface area contributed by atoms with Crippen molar-refractivity contribution in [2.75, 3.05) is 30.2 Å². The third-order valence-electron chi connectivity index (χ3n) is 5.15. The molecule has 142 valence electrons. The Labute approximate surface area is 153 Å². The van der Waals surface area contributed by atoms with E-state index in [1.807, 2.05) is 0 Å². The highest BCUT2D eigenvalue weighted by Crippen LogP contribution is 2.31. The SMILES string of the molecule is CS(=O)(=O)N1CCc2cc(C(=O)N3CCCC(CCC(=O)O)C3)ccc21.